The van der Waals surface area contributed by atoms with Gasteiger partial charge in [-0.2, -0.15) is 13.2 Å². The lowest BCUT2D eigenvalue weighted by atomic mass is 9.72. The van der Waals surface area contributed by atoms with Crippen LogP contribution >= 0.6 is 23.2 Å². The average molecular weight is 499 g/mol. The summed E-state index contributed by atoms with van der Waals surface area (Å²) in [5.74, 6) is -1.53. The van der Waals surface area contributed by atoms with Crippen LogP contribution in [0.1, 0.15) is 29.9 Å². The summed E-state index contributed by atoms with van der Waals surface area (Å²) in [6, 6.07) is 2.96. The number of aryl methyl sites for hydroxylation is 1. The van der Waals surface area contributed by atoms with Crippen molar-refractivity contribution in [1.29, 1.82) is 0 Å². The molecule has 2 N–H and O–H groups in total. The molecular weight excluding hydrogens is 480 g/mol. The Morgan fingerprint density at radius 3 is 2.82 bits per heavy atom. The fourth-order valence-electron chi connectivity index (χ4n) is 5.14. The monoisotopic (exact) mass is 498 g/mol. The van der Waals surface area contributed by atoms with Crippen molar-refractivity contribution in [3.8, 4) is 11.3 Å². The molecule has 0 radical (unpaired) electrons. The first-order chi connectivity index (χ1) is 15.6. The number of benzene rings is 1. The molecule has 2 aromatic heterocycles. The van der Waals surface area contributed by atoms with E-state index in [0.29, 0.717) is 47.4 Å². The SMILES string of the molecule is O=C(CO)N1CCC2(CCc3[nH]c4c(Cl)c(Cl)cc(-c5ccnc(C(F)(F)F)n5)c4c3C2)C1. The molecule has 1 unspecified atom stereocenters. The maximum absolute atomic E-state index is 13.3. The Morgan fingerprint density at radius 1 is 1.30 bits per heavy atom. The number of aromatic amines is 1. The summed E-state index contributed by atoms with van der Waals surface area (Å²) in [7, 11) is 0. The van der Waals surface area contributed by atoms with Crippen molar-refractivity contribution >= 4 is 40.0 Å². The van der Waals surface area contributed by atoms with Gasteiger partial charge in [-0.05, 0) is 48.8 Å². The first-order valence-corrected chi connectivity index (χ1v) is 11.2. The lowest BCUT2D eigenvalue weighted by molar-refractivity contribution is -0.144. The number of alkyl halides is 3. The molecule has 1 aromatic carbocycles. The number of hydrogen-bond acceptors (Lipinski definition) is 4. The fraction of sp³-hybridized carbons (Fsp3) is 0.409. The number of fused-ring (bicyclic) bond motifs is 3. The van der Waals surface area contributed by atoms with Crippen LogP contribution in [0.3, 0.4) is 0 Å². The highest BCUT2D eigenvalue weighted by Crippen LogP contribution is 2.48. The highest BCUT2D eigenvalue weighted by atomic mass is 35.5. The standard InChI is InChI=1S/C22H19Cl2F3N4O2/c23-13-7-11(15-2-5-28-20(30-15)22(25,26)27)17-12-8-21(4-6-31(10-21)16(33)9-32)3-1-14(12)29-19(17)18(13)24/h2,5,7,29,32H,1,3-4,6,8-10H2. The van der Waals surface area contributed by atoms with E-state index in [1.165, 1.54) is 6.07 Å². The van der Waals surface area contributed by atoms with Gasteiger partial charge in [0, 0.05) is 35.9 Å². The number of halogens is 5. The summed E-state index contributed by atoms with van der Waals surface area (Å²) in [5, 5.41) is 10.4. The van der Waals surface area contributed by atoms with Gasteiger partial charge in [0.05, 0.1) is 21.3 Å². The van der Waals surface area contributed by atoms with Crippen molar-refractivity contribution in [2.75, 3.05) is 19.7 Å². The molecule has 1 aliphatic heterocycles. The quantitative estimate of drug-likeness (QED) is 0.538. The minimum atomic E-state index is -4.68. The molecule has 3 aromatic rings. The van der Waals surface area contributed by atoms with E-state index < -0.39 is 18.6 Å². The van der Waals surface area contributed by atoms with Gasteiger partial charge in [-0.1, -0.05) is 23.2 Å². The summed E-state index contributed by atoms with van der Waals surface area (Å²) in [5.41, 5.74) is 2.86. The summed E-state index contributed by atoms with van der Waals surface area (Å²) in [4.78, 5) is 24.1. The number of carbonyl (C=O) groups excluding carboxylic acids is 1. The third-order valence-corrected chi connectivity index (χ3v) is 7.52. The Kier molecular flexibility index (Phi) is 5.34. The smallest absolute Gasteiger partial charge is 0.387 e. The highest BCUT2D eigenvalue weighted by Gasteiger charge is 2.43. The minimum Gasteiger partial charge on any atom is -0.387 e. The van der Waals surface area contributed by atoms with E-state index in [-0.39, 0.29) is 22.0 Å². The zero-order chi connectivity index (χ0) is 23.5. The molecule has 11 heteroatoms. The zero-order valence-electron chi connectivity index (χ0n) is 17.3. The molecule has 5 rings (SSSR count). The van der Waals surface area contributed by atoms with Crippen molar-refractivity contribution in [3.63, 3.8) is 0 Å². The number of H-pyrrole nitrogens is 1. The molecule has 1 spiro atoms. The van der Waals surface area contributed by atoms with E-state index >= 15 is 0 Å². The van der Waals surface area contributed by atoms with Crippen LogP contribution in [-0.4, -0.2) is 50.6 Å². The Balaban J connectivity index is 1.65. The first-order valence-electron chi connectivity index (χ1n) is 10.4. The number of rotatable bonds is 2. The molecule has 0 saturated carbocycles. The molecule has 33 heavy (non-hydrogen) atoms. The Bertz CT molecular complexity index is 1280. The summed E-state index contributed by atoms with van der Waals surface area (Å²) in [6.45, 7) is 0.570. The first kappa shape index (κ1) is 22.4. The van der Waals surface area contributed by atoms with E-state index in [2.05, 4.69) is 15.0 Å². The van der Waals surface area contributed by atoms with Crippen LogP contribution in [0.2, 0.25) is 10.0 Å². The van der Waals surface area contributed by atoms with E-state index in [1.54, 1.807) is 11.0 Å². The van der Waals surface area contributed by atoms with Crippen LogP contribution in [0.4, 0.5) is 13.2 Å². The van der Waals surface area contributed by atoms with E-state index in [4.69, 9.17) is 23.2 Å². The molecule has 2 aliphatic rings. The molecular formula is C22H19Cl2F3N4O2. The van der Waals surface area contributed by atoms with Gasteiger partial charge in [0.1, 0.15) is 6.61 Å². The van der Waals surface area contributed by atoms with Crippen LogP contribution < -0.4 is 0 Å². The Hall–Kier alpha value is -2.36. The van der Waals surface area contributed by atoms with E-state index in [0.717, 1.165) is 30.3 Å². The van der Waals surface area contributed by atoms with Gasteiger partial charge >= 0.3 is 6.18 Å². The van der Waals surface area contributed by atoms with Gasteiger partial charge in [0.2, 0.25) is 11.7 Å². The highest BCUT2D eigenvalue weighted by molar-refractivity contribution is 6.45. The third-order valence-electron chi connectivity index (χ3n) is 6.73. The molecule has 1 atom stereocenters. The van der Waals surface area contributed by atoms with Gasteiger partial charge in [0.15, 0.2) is 0 Å². The summed E-state index contributed by atoms with van der Waals surface area (Å²) >= 11 is 12.8. The van der Waals surface area contributed by atoms with Crippen LogP contribution in [-0.2, 0) is 23.8 Å². The largest absolute Gasteiger partial charge is 0.451 e. The van der Waals surface area contributed by atoms with Crippen molar-refractivity contribution < 1.29 is 23.1 Å². The molecule has 174 valence electrons. The predicted molar refractivity (Wildman–Crippen MR) is 117 cm³/mol. The molecule has 0 bridgehead atoms. The normalized spacial score (nSPS) is 20.6. The molecule has 1 amide bonds. The molecule has 1 saturated heterocycles. The van der Waals surface area contributed by atoms with E-state index in [9.17, 15) is 23.1 Å². The van der Waals surface area contributed by atoms with Crippen molar-refractivity contribution in [2.24, 2.45) is 5.41 Å². The topological polar surface area (TPSA) is 82.1 Å². The van der Waals surface area contributed by atoms with Gasteiger partial charge in [0.25, 0.3) is 0 Å². The third kappa shape index (κ3) is 3.76. The lowest BCUT2D eigenvalue weighted by Gasteiger charge is -2.33. The number of likely N-dealkylation sites (tertiary alicyclic amines) is 1. The lowest BCUT2D eigenvalue weighted by Crippen LogP contribution is -2.36. The number of carbonyl (C=O) groups is 1. The van der Waals surface area contributed by atoms with E-state index in [1.807, 2.05) is 0 Å². The molecule has 1 fully saturated rings. The number of amides is 1. The van der Waals surface area contributed by atoms with Crippen LogP contribution in [0, 0.1) is 5.41 Å². The maximum atomic E-state index is 13.3. The Morgan fingerprint density at radius 2 is 2.09 bits per heavy atom. The second kappa shape index (κ2) is 7.85. The number of nitrogens with one attached hydrogen (secondary N) is 1. The van der Waals surface area contributed by atoms with Crippen LogP contribution in [0.15, 0.2) is 18.3 Å². The van der Waals surface area contributed by atoms with Gasteiger partial charge in [-0.3, -0.25) is 4.79 Å². The number of hydrogen-bond donors (Lipinski definition) is 2. The minimum absolute atomic E-state index is 0.103. The number of aromatic nitrogens is 3. The van der Waals surface area contributed by atoms with Gasteiger partial charge < -0.3 is 15.0 Å². The maximum Gasteiger partial charge on any atom is 0.451 e. The Labute approximate surface area is 196 Å². The van der Waals surface area contributed by atoms with Crippen molar-refractivity contribution in [2.45, 2.75) is 31.9 Å². The average Bonchev–Trinajstić information content (AvgIpc) is 3.37. The van der Waals surface area contributed by atoms with Gasteiger partial charge in [-0.15, -0.1) is 0 Å². The molecule has 1 aliphatic carbocycles. The second-order valence-corrected chi connectivity index (χ2v) is 9.50. The molecule has 3 heterocycles. The van der Waals surface area contributed by atoms with Crippen LogP contribution in [0.5, 0.6) is 0 Å². The van der Waals surface area contributed by atoms with Gasteiger partial charge in [-0.25, -0.2) is 9.97 Å². The second-order valence-electron chi connectivity index (χ2n) is 8.72. The summed E-state index contributed by atoms with van der Waals surface area (Å²) in [6.07, 6.45) is -0.646. The number of nitrogens with zero attached hydrogens (tertiary/aromatic N) is 3. The van der Waals surface area contributed by atoms with Crippen LogP contribution in [0.25, 0.3) is 22.2 Å². The zero-order valence-corrected chi connectivity index (χ0v) is 18.8. The van der Waals surface area contributed by atoms with Crippen molar-refractivity contribution in [1.82, 2.24) is 19.9 Å². The number of aliphatic hydroxyl groups excluding tert-OH is 1. The summed E-state index contributed by atoms with van der Waals surface area (Å²) < 4.78 is 39.8. The molecule has 6 nitrogen and oxygen atoms in total. The number of aliphatic hydroxyl groups is 1. The predicted octanol–water partition coefficient (Wildman–Crippen LogP) is 4.65. The van der Waals surface area contributed by atoms with Crippen molar-refractivity contribution in [3.05, 3.63) is 45.5 Å². The fourth-order valence-corrected chi connectivity index (χ4v) is 5.54.